The van der Waals surface area contributed by atoms with E-state index in [0.29, 0.717) is 6.42 Å². The van der Waals surface area contributed by atoms with Crippen molar-refractivity contribution >= 4 is 11.9 Å². The molecule has 2 heteroatoms. The first-order valence-electron chi connectivity index (χ1n) is 5.11. The minimum atomic E-state index is -0.407. The van der Waals surface area contributed by atoms with E-state index in [0.717, 1.165) is 11.9 Å². The van der Waals surface area contributed by atoms with Crippen molar-refractivity contribution in [2.45, 2.75) is 26.3 Å². The number of hydrogen-bond donors (Lipinski definition) is 1. The summed E-state index contributed by atoms with van der Waals surface area (Å²) >= 11 is 0. The molecule has 1 atom stereocenters. The van der Waals surface area contributed by atoms with Gasteiger partial charge in [-0.2, -0.15) is 0 Å². The molecule has 0 saturated heterocycles. The highest BCUT2D eigenvalue weighted by Crippen LogP contribution is 2.22. The monoisotopic (exact) mass is 203 g/mol. The predicted molar refractivity (Wildman–Crippen MR) is 63.5 cm³/mol. The maximum Gasteiger partial charge on any atom is 0.137 e. The van der Waals surface area contributed by atoms with E-state index < -0.39 is 6.04 Å². The van der Waals surface area contributed by atoms with Crippen molar-refractivity contribution in [2.75, 3.05) is 0 Å². The summed E-state index contributed by atoms with van der Waals surface area (Å²) in [5, 5.41) is 0. The molecule has 0 aliphatic heterocycles. The summed E-state index contributed by atoms with van der Waals surface area (Å²) in [6.07, 6.45) is 3.42. The van der Waals surface area contributed by atoms with E-state index in [4.69, 9.17) is 5.73 Å². The highest BCUT2D eigenvalue weighted by Gasteiger charge is 2.08. The highest BCUT2D eigenvalue weighted by molar-refractivity contribution is 5.72. The number of nitrogens with two attached hydrogens (primary N) is 1. The first-order valence-corrected chi connectivity index (χ1v) is 5.11. The van der Waals surface area contributed by atoms with Crippen LogP contribution in [0.5, 0.6) is 0 Å². The lowest BCUT2D eigenvalue weighted by molar-refractivity contribution is -0.108. The number of rotatable bonds is 4. The van der Waals surface area contributed by atoms with Crippen molar-refractivity contribution in [3.05, 3.63) is 41.5 Å². The van der Waals surface area contributed by atoms with Crippen LogP contribution in [0.3, 0.4) is 0 Å². The molecule has 2 N–H and O–H groups in total. The van der Waals surface area contributed by atoms with Crippen LogP contribution in [0.1, 0.15) is 24.5 Å². The summed E-state index contributed by atoms with van der Waals surface area (Å²) < 4.78 is 0. The second-order valence-electron chi connectivity index (χ2n) is 3.63. The third-order valence-corrected chi connectivity index (χ3v) is 2.47. The Balaban J connectivity index is 2.94. The number of allylic oxidation sites excluding steroid dienone is 1. The van der Waals surface area contributed by atoms with E-state index in [-0.39, 0.29) is 0 Å². The first-order chi connectivity index (χ1) is 7.19. The Bertz CT molecular complexity index is 369. The van der Waals surface area contributed by atoms with Gasteiger partial charge in [0.1, 0.15) is 6.29 Å². The smallest absolute Gasteiger partial charge is 0.137 e. The summed E-state index contributed by atoms with van der Waals surface area (Å²) in [5.74, 6) is 0. The number of aryl methyl sites for hydroxylation is 1. The number of aldehydes is 1. The number of benzene rings is 1. The van der Waals surface area contributed by atoms with Crippen LogP contribution in [0.15, 0.2) is 30.3 Å². The van der Waals surface area contributed by atoms with Gasteiger partial charge in [0.05, 0.1) is 6.04 Å². The first kappa shape index (κ1) is 11.7. The third kappa shape index (κ3) is 3.03. The van der Waals surface area contributed by atoms with Gasteiger partial charge in [-0.05, 0) is 37.0 Å². The molecule has 0 spiro atoms. The maximum atomic E-state index is 10.5. The Morgan fingerprint density at radius 1 is 1.47 bits per heavy atom. The number of carbonyl (C=O) groups excluding carboxylic acids is 1. The van der Waals surface area contributed by atoms with Gasteiger partial charge in [0.2, 0.25) is 0 Å². The molecule has 0 aliphatic rings. The molecule has 0 aromatic heterocycles. The second-order valence-corrected chi connectivity index (χ2v) is 3.63. The minimum Gasteiger partial charge on any atom is -0.321 e. The van der Waals surface area contributed by atoms with Crippen molar-refractivity contribution in [1.29, 1.82) is 0 Å². The zero-order chi connectivity index (χ0) is 11.3. The van der Waals surface area contributed by atoms with Crippen LogP contribution >= 0.6 is 0 Å². The van der Waals surface area contributed by atoms with Gasteiger partial charge in [0, 0.05) is 0 Å². The highest BCUT2D eigenvalue weighted by atomic mass is 16.1. The largest absolute Gasteiger partial charge is 0.321 e. The molecule has 0 aliphatic carbocycles. The summed E-state index contributed by atoms with van der Waals surface area (Å²) in [7, 11) is 0. The van der Waals surface area contributed by atoms with Crippen molar-refractivity contribution in [2.24, 2.45) is 5.73 Å². The Kier molecular flexibility index (Phi) is 4.25. The van der Waals surface area contributed by atoms with Crippen molar-refractivity contribution in [3.8, 4) is 0 Å². The fourth-order valence-corrected chi connectivity index (χ4v) is 1.62. The van der Waals surface area contributed by atoms with Crippen LogP contribution in [0, 0.1) is 6.92 Å². The number of hydrogen-bond acceptors (Lipinski definition) is 2. The lowest BCUT2D eigenvalue weighted by Crippen LogP contribution is -2.21. The SMILES string of the molecule is C/C=C(/C[C@H](N)C=O)c1ccccc1C. The van der Waals surface area contributed by atoms with Gasteiger partial charge < -0.3 is 10.5 Å². The molecule has 0 radical (unpaired) electrons. The summed E-state index contributed by atoms with van der Waals surface area (Å²) in [4.78, 5) is 10.5. The molecule has 15 heavy (non-hydrogen) atoms. The summed E-state index contributed by atoms with van der Waals surface area (Å²) in [6.45, 7) is 4.03. The zero-order valence-electron chi connectivity index (χ0n) is 9.23. The van der Waals surface area contributed by atoms with Gasteiger partial charge in [0.15, 0.2) is 0 Å². The van der Waals surface area contributed by atoms with Gasteiger partial charge >= 0.3 is 0 Å². The standard InChI is InChI=1S/C13H17NO/c1-3-11(8-12(14)9-15)13-7-5-4-6-10(13)2/h3-7,9,12H,8,14H2,1-2H3/b11-3-/t12-/m0/s1. The lowest BCUT2D eigenvalue weighted by Gasteiger charge is -2.11. The van der Waals surface area contributed by atoms with Gasteiger partial charge in [0.25, 0.3) is 0 Å². The van der Waals surface area contributed by atoms with E-state index in [1.165, 1.54) is 11.1 Å². The molecule has 0 fully saturated rings. The molecule has 0 amide bonds. The average molecular weight is 203 g/mol. The van der Waals surface area contributed by atoms with Crippen molar-refractivity contribution in [1.82, 2.24) is 0 Å². The quantitative estimate of drug-likeness (QED) is 0.763. The maximum absolute atomic E-state index is 10.5. The summed E-state index contributed by atoms with van der Waals surface area (Å²) in [5.41, 5.74) is 9.15. The molecule has 1 aromatic rings. The van der Waals surface area contributed by atoms with Crippen LogP contribution in [-0.2, 0) is 4.79 Å². The molecule has 0 heterocycles. The van der Waals surface area contributed by atoms with Gasteiger partial charge in [-0.15, -0.1) is 0 Å². The molecule has 1 rings (SSSR count). The Labute approximate surface area is 90.8 Å². The summed E-state index contributed by atoms with van der Waals surface area (Å²) in [6, 6.07) is 7.72. The van der Waals surface area contributed by atoms with E-state index in [9.17, 15) is 4.79 Å². The van der Waals surface area contributed by atoms with E-state index in [1.54, 1.807) is 0 Å². The van der Waals surface area contributed by atoms with Crippen LogP contribution in [-0.4, -0.2) is 12.3 Å². The Morgan fingerprint density at radius 2 is 2.13 bits per heavy atom. The van der Waals surface area contributed by atoms with Gasteiger partial charge in [-0.25, -0.2) is 0 Å². The second kappa shape index (κ2) is 5.47. The van der Waals surface area contributed by atoms with Crippen LogP contribution < -0.4 is 5.73 Å². The fraction of sp³-hybridized carbons (Fsp3) is 0.308. The normalized spacial score (nSPS) is 13.7. The average Bonchev–Trinajstić information content (AvgIpc) is 2.26. The topological polar surface area (TPSA) is 43.1 Å². The number of carbonyl (C=O) groups is 1. The minimum absolute atomic E-state index is 0.407. The molecule has 0 bridgehead atoms. The van der Waals surface area contributed by atoms with Gasteiger partial charge in [-0.3, -0.25) is 0 Å². The molecule has 80 valence electrons. The van der Waals surface area contributed by atoms with Crippen LogP contribution in [0.4, 0.5) is 0 Å². The van der Waals surface area contributed by atoms with E-state index >= 15 is 0 Å². The molecule has 1 aromatic carbocycles. The van der Waals surface area contributed by atoms with E-state index in [1.807, 2.05) is 25.1 Å². The third-order valence-electron chi connectivity index (χ3n) is 2.47. The predicted octanol–water partition coefficient (Wildman–Crippen LogP) is 2.31. The van der Waals surface area contributed by atoms with Crippen molar-refractivity contribution in [3.63, 3.8) is 0 Å². The lowest BCUT2D eigenvalue weighted by atomic mass is 9.95. The van der Waals surface area contributed by atoms with E-state index in [2.05, 4.69) is 19.1 Å². The Hall–Kier alpha value is -1.41. The Morgan fingerprint density at radius 3 is 2.67 bits per heavy atom. The molecule has 0 saturated carbocycles. The molecular formula is C13H17NO. The zero-order valence-corrected chi connectivity index (χ0v) is 9.23. The molecule has 2 nitrogen and oxygen atoms in total. The molecular weight excluding hydrogens is 186 g/mol. The fourth-order valence-electron chi connectivity index (χ4n) is 1.62. The van der Waals surface area contributed by atoms with Crippen LogP contribution in [0.25, 0.3) is 5.57 Å². The van der Waals surface area contributed by atoms with Crippen LogP contribution in [0.2, 0.25) is 0 Å². The van der Waals surface area contributed by atoms with Crippen molar-refractivity contribution < 1.29 is 4.79 Å². The van der Waals surface area contributed by atoms with Gasteiger partial charge in [-0.1, -0.05) is 30.3 Å². The molecule has 0 unspecified atom stereocenters.